The van der Waals surface area contributed by atoms with Gasteiger partial charge >= 0.3 is 0 Å². The Bertz CT molecular complexity index is 184. The van der Waals surface area contributed by atoms with Gasteiger partial charge in [0.25, 0.3) is 0 Å². The first-order valence-electron chi connectivity index (χ1n) is 3.78. The Morgan fingerprint density at radius 3 is 2.64 bits per heavy atom. The molecule has 0 spiro atoms. The van der Waals surface area contributed by atoms with Crippen LogP contribution in [0, 0.1) is 0 Å². The number of benzene rings is 1. The van der Waals surface area contributed by atoms with Gasteiger partial charge in [0.1, 0.15) is 0 Å². The topological polar surface area (TPSA) is 26.1 Å². The third kappa shape index (κ3) is 3.05. The van der Waals surface area contributed by atoms with Gasteiger partial charge in [-0.2, -0.15) is 7.05 Å². The molecule has 0 saturated carbocycles. The highest BCUT2D eigenvalue weighted by Gasteiger charge is 1.83. The van der Waals surface area contributed by atoms with Crippen molar-refractivity contribution in [3.8, 4) is 0 Å². The summed E-state index contributed by atoms with van der Waals surface area (Å²) in [6.07, 6.45) is 0. The molecule has 2 heteroatoms. The Labute approximate surface area is 67.6 Å². The van der Waals surface area contributed by atoms with Gasteiger partial charge in [-0.25, -0.2) is 0 Å². The fourth-order valence-corrected chi connectivity index (χ4v) is 0.868. The van der Waals surface area contributed by atoms with Crippen molar-refractivity contribution in [1.29, 1.82) is 0 Å². The molecule has 2 nitrogen and oxygen atoms in total. The van der Waals surface area contributed by atoms with Crippen LogP contribution in [0.15, 0.2) is 30.3 Å². The van der Waals surface area contributed by atoms with Gasteiger partial charge in [-0.05, 0) is 18.7 Å². The van der Waals surface area contributed by atoms with Crippen molar-refractivity contribution < 1.29 is 0 Å². The first kappa shape index (κ1) is 8.08. The van der Waals surface area contributed by atoms with Gasteiger partial charge < -0.3 is 10.6 Å². The van der Waals surface area contributed by atoms with Crippen molar-refractivity contribution in [2.75, 3.05) is 25.5 Å². The van der Waals surface area contributed by atoms with E-state index in [0.29, 0.717) is 0 Å². The third-order valence-electron chi connectivity index (χ3n) is 1.44. The fraction of sp³-hybridized carbons (Fsp3) is 0.333. The Balaban J connectivity index is 2.28. The van der Waals surface area contributed by atoms with E-state index in [2.05, 4.69) is 22.8 Å². The van der Waals surface area contributed by atoms with Gasteiger partial charge in [0.2, 0.25) is 0 Å². The van der Waals surface area contributed by atoms with Gasteiger partial charge in [-0.1, -0.05) is 18.2 Å². The minimum atomic E-state index is 0.870. The summed E-state index contributed by atoms with van der Waals surface area (Å²) in [5.74, 6) is 0. The molecule has 1 rings (SSSR count). The number of hydrogen-bond donors (Lipinski definition) is 1. The van der Waals surface area contributed by atoms with Crippen molar-refractivity contribution in [1.82, 2.24) is 0 Å². The summed E-state index contributed by atoms with van der Waals surface area (Å²) in [7, 11) is 1.83. The third-order valence-corrected chi connectivity index (χ3v) is 1.44. The van der Waals surface area contributed by atoms with Crippen LogP contribution >= 0.6 is 0 Å². The van der Waals surface area contributed by atoms with Crippen LogP contribution in [0.1, 0.15) is 0 Å². The molecule has 0 fully saturated rings. The van der Waals surface area contributed by atoms with Crippen LogP contribution in [0.25, 0.3) is 5.32 Å². The number of likely N-dealkylation sites (N-methyl/N-ethyl adjacent to an activating group) is 1. The van der Waals surface area contributed by atoms with Crippen LogP contribution in [0.2, 0.25) is 0 Å². The lowest BCUT2D eigenvalue weighted by molar-refractivity contribution is 1.10. The molecule has 1 N–H and O–H groups in total. The van der Waals surface area contributed by atoms with E-state index >= 15 is 0 Å². The SMILES string of the molecule is C[N-]CCNc1ccccc1. The molecular formula is C9H13N2-. The summed E-state index contributed by atoms with van der Waals surface area (Å²) in [4.78, 5) is 0. The normalized spacial score (nSPS) is 9.55. The van der Waals surface area contributed by atoms with Crippen LogP contribution < -0.4 is 5.32 Å². The van der Waals surface area contributed by atoms with Gasteiger partial charge in [-0.3, -0.25) is 0 Å². The van der Waals surface area contributed by atoms with E-state index in [-0.39, 0.29) is 0 Å². The second-order valence-electron chi connectivity index (χ2n) is 2.33. The minimum Gasteiger partial charge on any atom is -0.664 e. The smallest absolute Gasteiger partial charge is 0.0339 e. The summed E-state index contributed by atoms with van der Waals surface area (Å²) in [6, 6.07) is 10.2. The molecule has 0 aliphatic heterocycles. The number of nitrogens with zero attached hydrogens (tertiary/aromatic N) is 1. The van der Waals surface area contributed by atoms with E-state index in [1.807, 2.05) is 25.2 Å². The molecule has 0 atom stereocenters. The van der Waals surface area contributed by atoms with E-state index in [0.717, 1.165) is 18.8 Å². The lowest BCUT2D eigenvalue weighted by Gasteiger charge is -2.12. The minimum absolute atomic E-state index is 0.870. The van der Waals surface area contributed by atoms with Crippen molar-refractivity contribution >= 4 is 5.69 Å². The molecule has 0 unspecified atom stereocenters. The highest BCUT2D eigenvalue weighted by Crippen LogP contribution is 2.03. The second-order valence-corrected chi connectivity index (χ2v) is 2.33. The molecule has 0 heterocycles. The Morgan fingerprint density at radius 2 is 2.00 bits per heavy atom. The highest BCUT2D eigenvalue weighted by atomic mass is 14.9. The zero-order valence-corrected chi connectivity index (χ0v) is 6.75. The Morgan fingerprint density at radius 1 is 1.27 bits per heavy atom. The molecule has 0 bridgehead atoms. The molecule has 60 valence electrons. The number of nitrogens with one attached hydrogen (secondary N) is 1. The molecule has 1 aromatic carbocycles. The quantitative estimate of drug-likeness (QED) is 0.652. The maximum absolute atomic E-state index is 3.99. The fourth-order valence-electron chi connectivity index (χ4n) is 0.868. The van der Waals surface area contributed by atoms with Gasteiger partial charge in [0, 0.05) is 5.69 Å². The molecule has 11 heavy (non-hydrogen) atoms. The largest absolute Gasteiger partial charge is 0.664 e. The van der Waals surface area contributed by atoms with E-state index < -0.39 is 0 Å². The molecule has 0 aliphatic carbocycles. The van der Waals surface area contributed by atoms with E-state index in [1.165, 1.54) is 0 Å². The van der Waals surface area contributed by atoms with Crippen molar-refractivity contribution in [3.05, 3.63) is 35.6 Å². The summed E-state index contributed by atoms with van der Waals surface area (Å²) >= 11 is 0. The molecule has 0 aliphatic rings. The summed E-state index contributed by atoms with van der Waals surface area (Å²) in [6.45, 7) is 1.79. The Kier molecular flexibility index (Phi) is 3.48. The first-order valence-corrected chi connectivity index (χ1v) is 3.78. The predicted molar refractivity (Wildman–Crippen MR) is 49.1 cm³/mol. The summed E-state index contributed by atoms with van der Waals surface area (Å²) in [5.41, 5.74) is 1.16. The molecule has 0 amide bonds. The molecule has 0 radical (unpaired) electrons. The average Bonchev–Trinajstić information content (AvgIpc) is 2.07. The predicted octanol–water partition coefficient (Wildman–Crippen LogP) is 2.10. The average molecular weight is 149 g/mol. The Hall–Kier alpha value is -1.02. The van der Waals surface area contributed by atoms with Crippen LogP contribution in [0.4, 0.5) is 5.69 Å². The van der Waals surface area contributed by atoms with Gasteiger partial charge in [0.15, 0.2) is 0 Å². The van der Waals surface area contributed by atoms with E-state index in [9.17, 15) is 0 Å². The number of anilines is 1. The van der Waals surface area contributed by atoms with Crippen LogP contribution in [0.3, 0.4) is 0 Å². The highest BCUT2D eigenvalue weighted by molar-refractivity contribution is 5.42. The number of para-hydroxylation sites is 1. The zero-order valence-electron chi connectivity index (χ0n) is 6.75. The van der Waals surface area contributed by atoms with Crippen molar-refractivity contribution in [2.24, 2.45) is 0 Å². The van der Waals surface area contributed by atoms with Gasteiger partial charge in [-0.15, -0.1) is 6.54 Å². The molecule has 0 saturated heterocycles. The van der Waals surface area contributed by atoms with E-state index in [1.54, 1.807) is 0 Å². The maximum atomic E-state index is 3.99. The monoisotopic (exact) mass is 149 g/mol. The summed E-state index contributed by atoms with van der Waals surface area (Å²) < 4.78 is 0. The molecular weight excluding hydrogens is 136 g/mol. The molecule has 0 aromatic heterocycles. The lowest BCUT2D eigenvalue weighted by Crippen LogP contribution is -2.04. The van der Waals surface area contributed by atoms with Crippen LogP contribution in [0.5, 0.6) is 0 Å². The summed E-state index contributed by atoms with van der Waals surface area (Å²) in [5, 5.41) is 7.24. The lowest BCUT2D eigenvalue weighted by atomic mass is 10.3. The van der Waals surface area contributed by atoms with Gasteiger partial charge in [0.05, 0.1) is 0 Å². The zero-order chi connectivity index (χ0) is 7.94. The number of rotatable bonds is 4. The number of hydrogen-bond acceptors (Lipinski definition) is 1. The van der Waals surface area contributed by atoms with Crippen LogP contribution in [-0.2, 0) is 0 Å². The maximum Gasteiger partial charge on any atom is 0.0339 e. The van der Waals surface area contributed by atoms with E-state index in [4.69, 9.17) is 0 Å². The standard InChI is InChI=1S/C9H13N2/c1-10-7-8-11-9-5-3-2-4-6-9/h2-6,11H,7-8H2,1H3/q-1. The van der Waals surface area contributed by atoms with Crippen molar-refractivity contribution in [2.45, 2.75) is 0 Å². The van der Waals surface area contributed by atoms with Crippen molar-refractivity contribution in [3.63, 3.8) is 0 Å². The first-order chi connectivity index (χ1) is 5.43. The molecule has 1 aromatic rings. The second kappa shape index (κ2) is 4.74. The van der Waals surface area contributed by atoms with Crippen LogP contribution in [-0.4, -0.2) is 20.1 Å².